The zero-order valence-electron chi connectivity index (χ0n) is 10.9. The number of rotatable bonds is 4. The molecule has 0 saturated heterocycles. The lowest BCUT2D eigenvalue weighted by Gasteiger charge is -2.29. The van der Waals surface area contributed by atoms with Gasteiger partial charge in [-0.25, -0.2) is 0 Å². The second kappa shape index (κ2) is 8.59. The predicted molar refractivity (Wildman–Crippen MR) is 64.1 cm³/mol. The summed E-state index contributed by atoms with van der Waals surface area (Å²) in [6.45, 7) is 15.7. The van der Waals surface area contributed by atoms with E-state index in [0.29, 0.717) is 5.41 Å². The monoisotopic (exact) mass is 186 g/mol. The molecule has 0 fully saturated rings. The molecule has 0 rings (SSSR count). The zero-order chi connectivity index (χ0) is 10.9. The Bertz CT molecular complexity index is 86.7. The lowest BCUT2D eigenvalue weighted by atomic mass is 9.76. The molecule has 13 heavy (non-hydrogen) atoms. The number of hydrogen-bond acceptors (Lipinski definition) is 0. The fourth-order valence-electron chi connectivity index (χ4n) is 1.70. The standard InChI is InChI=1S/C11H24.C2H6/c1-6-8-9-10(7-2)11(3,4)5;1-2/h10H,6-9H2,1-5H3;1-2H3. The number of unbranched alkanes of at least 4 members (excludes halogenated alkanes) is 1. The Kier molecular flexibility index (Phi) is 10.2. The van der Waals surface area contributed by atoms with Crippen LogP contribution in [0.25, 0.3) is 0 Å². The lowest BCUT2D eigenvalue weighted by molar-refractivity contribution is 0.214. The van der Waals surface area contributed by atoms with Crippen LogP contribution in [0, 0.1) is 11.3 Å². The molecule has 82 valence electrons. The van der Waals surface area contributed by atoms with Crippen LogP contribution >= 0.6 is 0 Å². The first kappa shape index (κ1) is 15.5. The van der Waals surface area contributed by atoms with E-state index in [9.17, 15) is 0 Å². The van der Waals surface area contributed by atoms with E-state index >= 15 is 0 Å². The molecule has 0 saturated carbocycles. The topological polar surface area (TPSA) is 0 Å². The molecule has 1 unspecified atom stereocenters. The minimum Gasteiger partial charge on any atom is -0.0683 e. The molecular weight excluding hydrogens is 156 g/mol. The van der Waals surface area contributed by atoms with Crippen LogP contribution in [0.3, 0.4) is 0 Å². The van der Waals surface area contributed by atoms with Gasteiger partial charge in [0.1, 0.15) is 0 Å². The van der Waals surface area contributed by atoms with Crippen molar-refractivity contribution in [1.29, 1.82) is 0 Å². The van der Waals surface area contributed by atoms with Crippen molar-refractivity contribution in [3.63, 3.8) is 0 Å². The Morgan fingerprint density at radius 1 is 1.00 bits per heavy atom. The van der Waals surface area contributed by atoms with Crippen LogP contribution in [0.15, 0.2) is 0 Å². The predicted octanol–water partition coefficient (Wildman–Crippen LogP) is 5.28. The highest BCUT2D eigenvalue weighted by Gasteiger charge is 2.21. The van der Waals surface area contributed by atoms with Gasteiger partial charge in [-0.05, 0) is 17.8 Å². The summed E-state index contributed by atoms with van der Waals surface area (Å²) in [5, 5.41) is 0. The highest BCUT2D eigenvalue weighted by molar-refractivity contribution is 4.72. The van der Waals surface area contributed by atoms with Crippen LogP contribution in [-0.4, -0.2) is 0 Å². The molecule has 0 aliphatic heterocycles. The van der Waals surface area contributed by atoms with Crippen LogP contribution in [0.2, 0.25) is 0 Å². The normalized spacial score (nSPS) is 13.2. The third kappa shape index (κ3) is 8.33. The van der Waals surface area contributed by atoms with Crippen LogP contribution in [0.1, 0.15) is 74.1 Å². The molecule has 0 amide bonds. The van der Waals surface area contributed by atoms with E-state index in [1.165, 1.54) is 25.7 Å². The Labute approximate surface area is 86.1 Å². The largest absolute Gasteiger partial charge is 0.0683 e. The molecule has 0 aromatic rings. The summed E-state index contributed by atoms with van der Waals surface area (Å²) < 4.78 is 0. The van der Waals surface area contributed by atoms with Crippen molar-refractivity contribution in [2.75, 3.05) is 0 Å². The van der Waals surface area contributed by atoms with Crippen molar-refractivity contribution in [2.45, 2.75) is 74.1 Å². The van der Waals surface area contributed by atoms with Gasteiger partial charge in [0.2, 0.25) is 0 Å². The van der Waals surface area contributed by atoms with Gasteiger partial charge in [-0.15, -0.1) is 0 Å². The minimum absolute atomic E-state index is 0.518. The summed E-state index contributed by atoms with van der Waals surface area (Å²) in [4.78, 5) is 0. The van der Waals surface area contributed by atoms with Crippen LogP contribution in [-0.2, 0) is 0 Å². The van der Waals surface area contributed by atoms with E-state index in [1.807, 2.05) is 13.8 Å². The van der Waals surface area contributed by atoms with Crippen molar-refractivity contribution in [3.05, 3.63) is 0 Å². The third-order valence-corrected chi connectivity index (χ3v) is 2.62. The Morgan fingerprint density at radius 3 is 1.69 bits per heavy atom. The summed E-state index contributed by atoms with van der Waals surface area (Å²) in [5.74, 6) is 0.919. The maximum atomic E-state index is 2.36. The maximum absolute atomic E-state index is 2.36. The van der Waals surface area contributed by atoms with Gasteiger partial charge in [0.25, 0.3) is 0 Å². The smallest absolute Gasteiger partial charge is 0.0354 e. The summed E-state index contributed by atoms with van der Waals surface area (Å²) >= 11 is 0. The first-order valence-corrected chi connectivity index (χ1v) is 6.02. The van der Waals surface area contributed by atoms with Crippen molar-refractivity contribution in [2.24, 2.45) is 11.3 Å². The van der Waals surface area contributed by atoms with Crippen molar-refractivity contribution < 1.29 is 0 Å². The average Bonchev–Trinajstić information content (AvgIpc) is 2.07. The van der Waals surface area contributed by atoms with Gasteiger partial charge >= 0.3 is 0 Å². The van der Waals surface area contributed by atoms with Gasteiger partial charge in [-0.2, -0.15) is 0 Å². The summed E-state index contributed by atoms with van der Waals surface area (Å²) in [5.41, 5.74) is 0.518. The first-order chi connectivity index (χ1) is 6.02. The highest BCUT2D eigenvalue weighted by Crippen LogP contribution is 2.32. The zero-order valence-corrected chi connectivity index (χ0v) is 10.9. The van der Waals surface area contributed by atoms with E-state index < -0.39 is 0 Å². The molecule has 0 heteroatoms. The van der Waals surface area contributed by atoms with E-state index in [4.69, 9.17) is 0 Å². The van der Waals surface area contributed by atoms with Crippen molar-refractivity contribution in [1.82, 2.24) is 0 Å². The van der Waals surface area contributed by atoms with Crippen LogP contribution in [0.4, 0.5) is 0 Å². The quantitative estimate of drug-likeness (QED) is 0.560. The van der Waals surface area contributed by atoms with Crippen molar-refractivity contribution in [3.8, 4) is 0 Å². The summed E-state index contributed by atoms with van der Waals surface area (Å²) in [6.07, 6.45) is 5.49. The maximum Gasteiger partial charge on any atom is -0.0354 e. The molecule has 1 atom stereocenters. The second-order valence-corrected chi connectivity index (χ2v) is 4.61. The van der Waals surface area contributed by atoms with Crippen LogP contribution < -0.4 is 0 Å². The summed E-state index contributed by atoms with van der Waals surface area (Å²) in [6, 6.07) is 0. The molecule has 0 aliphatic rings. The molecule has 0 aromatic heterocycles. The number of hydrogen-bond donors (Lipinski definition) is 0. The van der Waals surface area contributed by atoms with E-state index in [0.717, 1.165) is 5.92 Å². The van der Waals surface area contributed by atoms with Gasteiger partial charge in [-0.3, -0.25) is 0 Å². The van der Waals surface area contributed by atoms with Gasteiger partial charge < -0.3 is 0 Å². The SMILES string of the molecule is CC.CCCCC(CC)C(C)(C)C. The molecule has 0 nitrogen and oxygen atoms in total. The van der Waals surface area contributed by atoms with Crippen LogP contribution in [0.5, 0.6) is 0 Å². The molecule has 0 spiro atoms. The molecular formula is C13H30. The molecule has 0 N–H and O–H groups in total. The fraction of sp³-hybridized carbons (Fsp3) is 1.00. The Morgan fingerprint density at radius 2 is 1.46 bits per heavy atom. The van der Waals surface area contributed by atoms with E-state index in [1.54, 1.807) is 0 Å². The molecule has 0 bridgehead atoms. The van der Waals surface area contributed by atoms with Crippen molar-refractivity contribution >= 4 is 0 Å². The third-order valence-electron chi connectivity index (χ3n) is 2.62. The minimum atomic E-state index is 0.518. The Hall–Kier alpha value is 0. The molecule has 0 radical (unpaired) electrons. The van der Waals surface area contributed by atoms with Gasteiger partial charge in [-0.1, -0.05) is 67.7 Å². The Balaban J connectivity index is 0. The first-order valence-electron chi connectivity index (χ1n) is 6.02. The van der Waals surface area contributed by atoms with Gasteiger partial charge in [0, 0.05) is 0 Å². The highest BCUT2D eigenvalue weighted by atomic mass is 14.3. The summed E-state index contributed by atoms with van der Waals surface area (Å²) in [7, 11) is 0. The molecule has 0 aliphatic carbocycles. The average molecular weight is 186 g/mol. The second-order valence-electron chi connectivity index (χ2n) is 4.61. The molecule has 0 heterocycles. The van der Waals surface area contributed by atoms with E-state index in [-0.39, 0.29) is 0 Å². The fourth-order valence-corrected chi connectivity index (χ4v) is 1.70. The van der Waals surface area contributed by atoms with E-state index in [2.05, 4.69) is 34.6 Å². The van der Waals surface area contributed by atoms with Gasteiger partial charge in [0.15, 0.2) is 0 Å². The lowest BCUT2D eigenvalue weighted by Crippen LogP contribution is -2.19. The van der Waals surface area contributed by atoms with Gasteiger partial charge in [0.05, 0.1) is 0 Å². The molecule has 0 aromatic carbocycles.